The minimum absolute atomic E-state index is 0.0706. The van der Waals surface area contributed by atoms with Gasteiger partial charge in [-0.05, 0) is 68.5 Å². The number of aromatic hydroxyl groups is 1. The van der Waals surface area contributed by atoms with Crippen molar-refractivity contribution in [3.05, 3.63) is 88.0 Å². The number of morpholine rings is 1. The van der Waals surface area contributed by atoms with Crippen LogP contribution in [-0.4, -0.2) is 54.8 Å². The molecule has 42 heavy (non-hydrogen) atoms. The zero-order chi connectivity index (χ0) is 29.3. The largest absolute Gasteiger partial charge is 0.507 e. The third-order valence-electron chi connectivity index (χ3n) is 9.63. The van der Waals surface area contributed by atoms with Gasteiger partial charge in [0.25, 0.3) is 0 Å². The molecule has 2 fully saturated rings. The van der Waals surface area contributed by atoms with Crippen LogP contribution >= 0.6 is 0 Å². The Morgan fingerprint density at radius 2 is 1.60 bits per heavy atom. The number of rotatable bonds is 3. The molecule has 2 amide bonds. The first-order valence-corrected chi connectivity index (χ1v) is 14.6. The van der Waals surface area contributed by atoms with Crippen molar-refractivity contribution in [2.75, 3.05) is 36.1 Å². The molecule has 7 rings (SSSR count). The summed E-state index contributed by atoms with van der Waals surface area (Å²) in [7, 11) is 0. The van der Waals surface area contributed by atoms with Crippen molar-refractivity contribution >= 4 is 34.8 Å². The topological polar surface area (TPSA) is 104 Å². The van der Waals surface area contributed by atoms with E-state index in [9.17, 15) is 24.3 Å². The van der Waals surface area contributed by atoms with Crippen molar-refractivity contribution in [1.82, 2.24) is 0 Å². The fourth-order valence-corrected chi connectivity index (χ4v) is 7.52. The predicted molar refractivity (Wildman–Crippen MR) is 156 cm³/mol. The monoisotopic (exact) mass is 564 g/mol. The molecule has 214 valence electrons. The van der Waals surface area contributed by atoms with Gasteiger partial charge in [-0.3, -0.25) is 24.1 Å². The first-order chi connectivity index (χ1) is 20.3. The maximum Gasteiger partial charge on any atom is 0.238 e. The van der Waals surface area contributed by atoms with E-state index < -0.39 is 23.7 Å². The van der Waals surface area contributed by atoms with Gasteiger partial charge in [-0.15, -0.1) is 0 Å². The number of hydrogen-bond acceptors (Lipinski definition) is 7. The van der Waals surface area contributed by atoms with Gasteiger partial charge in [-0.1, -0.05) is 29.8 Å². The molecule has 0 unspecified atom stereocenters. The number of phenolic OH excluding ortho intramolecular Hbond substituents is 1. The van der Waals surface area contributed by atoms with Crippen LogP contribution in [0.2, 0.25) is 0 Å². The highest BCUT2D eigenvalue weighted by Crippen LogP contribution is 2.56. The van der Waals surface area contributed by atoms with Crippen molar-refractivity contribution in [3.63, 3.8) is 0 Å². The van der Waals surface area contributed by atoms with Crippen LogP contribution in [0.4, 0.5) is 11.4 Å². The maximum absolute atomic E-state index is 14.1. The Morgan fingerprint density at radius 3 is 2.33 bits per heavy atom. The Bertz CT molecular complexity index is 1640. The van der Waals surface area contributed by atoms with Gasteiger partial charge in [-0.25, -0.2) is 0 Å². The Kier molecular flexibility index (Phi) is 6.27. The number of carbonyl (C=O) groups is 4. The van der Waals surface area contributed by atoms with Crippen LogP contribution in [0.3, 0.4) is 0 Å². The van der Waals surface area contributed by atoms with Gasteiger partial charge in [0, 0.05) is 47.0 Å². The van der Waals surface area contributed by atoms with Crippen LogP contribution < -0.4 is 9.80 Å². The number of hydrogen-bond donors (Lipinski definition) is 1. The molecular weight excluding hydrogens is 532 g/mol. The van der Waals surface area contributed by atoms with Crippen molar-refractivity contribution < 1.29 is 29.0 Å². The quantitative estimate of drug-likeness (QED) is 0.339. The zero-order valence-electron chi connectivity index (χ0n) is 23.6. The highest BCUT2D eigenvalue weighted by molar-refractivity contribution is 6.25. The van der Waals surface area contributed by atoms with E-state index in [1.165, 1.54) is 11.0 Å². The lowest BCUT2D eigenvalue weighted by Crippen LogP contribution is -2.39. The van der Waals surface area contributed by atoms with Crippen molar-refractivity contribution in [3.8, 4) is 5.75 Å². The van der Waals surface area contributed by atoms with E-state index in [2.05, 4.69) is 4.90 Å². The Labute approximate surface area is 243 Å². The second kappa shape index (κ2) is 9.91. The van der Waals surface area contributed by atoms with Crippen molar-refractivity contribution in [2.24, 2.45) is 17.8 Å². The molecule has 4 atom stereocenters. The van der Waals surface area contributed by atoms with E-state index in [1.54, 1.807) is 26.0 Å². The van der Waals surface area contributed by atoms with Crippen LogP contribution in [0.25, 0.3) is 0 Å². The minimum Gasteiger partial charge on any atom is -0.507 e. The van der Waals surface area contributed by atoms with Crippen LogP contribution in [0.5, 0.6) is 5.75 Å². The summed E-state index contributed by atoms with van der Waals surface area (Å²) in [6, 6.07) is 12.9. The van der Waals surface area contributed by atoms with E-state index in [0.717, 1.165) is 24.4 Å². The molecule has 2 saturated heterocycles. The number of amides is 2. The number of ketones is 2. The van der Waals surface area contributed by atoms with Crippen molar-refractivity contribution in [1.29, 1.82) is 0 Å². The number of benzene rings is 2. The number of anilines is 2. The molecule has 0 saturated carbocycles. The van der Waals surface area contributed by atoms with E-state index >= 15 is 0 Å². The summed E-state index contributed by atoms with van der Waals surface area (Å²) < 4.78 is 5.45. The van der Waals surface area contributed by atoms with Gasteiger partial charge in [0.2, 0.25) is 11.8 Å². The van der Waals surface area contributed by atoms with Crippen molar-refractivity contribution in [2.45, 2.75) is 32.6 Å². The highest BCUT2D eigenvalue weighted by atomic mass is 16.5. The smallest absolute Gasteiger partial charge is 0.238 e. The number of fused-ring (bicyclic) bond motifs is 3. The molecule has 2 aromatic carbocycles. The second-order valence-corrected chi connectivity index (χ2v) is 11.9. The number of imide groups is 1. The average Bonchev–Trinajstić information content (AvgIpc) is 3.26. The first kappa shape index (κ1) is 26.6. The lowest BCUT2D eigenvalue weighted by atomic mass is 9.59. The molecule has 1 N–H and O–H groups in total. The number of carbonyl (C=O) groups excluding carboxylic acids is 4. The lowest BCUT2D eigenvalue weighted by Gasteiger charge is -2.42. The highest BCUT2D eigenvalue weighted by Gasteiger charge is 2.56. The molecular formula is C34H32N2O6. The van der Waals surface area contributed by atoms with Gasteiger partial charge in [0.1, 0.15) is 5.75 Å². The summed E-state index contributed by atoms with van der Waals surface area (Å²) >= 11 is 0. The summed E-state index contributed by atoms with van der Waals surface area (Å²) in [4.78, 5) is 58.3. The van der Waals surface area contributed by atoms with Gasteiger partial charge in [-0.2, -0.15) is 0 Å². The molecule has 8 nitrogen and oxygen atoms in total. The van der Waals surface area contributed by atoms with E-state index in [0.29, 0.717) is 53.2 Å². The van der Waals surface area contributed by atoms with Crippen LogP contribution in [0.15, 0.2) is 76.9 Å². The summed E-state index contributed by atoms with van der Waals surface area (Å²) in [5.41, 5.74) is 4.71. The first-order valence-electron chi connectivity index (χ1n) is 14.6. The number of phenols is 1. The van der Waals surface area contributed by atoms with Gasteiger partial charge >= 0.3 is 0 Å². The zero-order valence-corrected chi connectivity index (χ0v) is 23.6. The molecule has 5 aliphatic rings. The minimum atomic E-state index is -0.663. The summed E-state index contributed by atoms with van der Waals surface area (Å²) in [6.45, 7) is 6.32. The Balaban J connectivity index is 1.28. The molecule has 0 bridgehead atoms. The normalized spacial score (nSPS) is 27.5. The molecule has 0 aromatic heterocycles. The predicted octanol–water partition coefficient (Wildman–Crippen LogP) is 4.17. The molecule has 2 heterocycles. The third-order valence-corrected chi connectivity index (χ3v) is 9.63. The van der Waals surface area contributed by atoms with E-state index in [4.69, 9.17) is 4.74 Å². The number of Topliss-reactive ketones (excluding diaryl/α,β-unsaturated/α-hetero) is 1. The fraction of sp³-hybridized carbons (Fsp3) is 0.353. The van der Waals surface area contributed by atoms with E-state index in [1.807, 2.05) is 36.4 Å². The fourth-order valence-electron chi connectivity index (χ4n) is 7.52. The molecule has 0 spiro atoms. The SMILES string of the molecule is CC1=CC(=O)C2=C(C1=O)[C@@H](c1cccc(C)c1O)C1=CC[C@@H]3C(=O)N(c4ccc(N5CCOCC5)cc4)C(=O)[C@@H]3[C@@H]1C2. The van der Waals surface area contributed by atoms with Gasteiger partial charge < -0.3 is 14.7 Å². The molecule has 2 aliphatic heterocycles. The standard InChI is InChI=1S/C34H32N2O6/c1-18-4-3-5-23(31(18)38)28-22-10-11-24-29(25(22)17-26-27(37)16-19(2)32(39)30(26)28)34(41)36(33(24)40)21-8-6-20(7-9-21)35-12-14-42-15-13-35/h3-10,16,24-25,28-29,38H,11-15,17H2,1-2H3/t24-,25+,28+,29-/m0/s1. The van der Waals surface area contributed by atoms with E-state index in [-0.39, 0.29) is 35.6 Å². The molecule has 3 aliphatic carbocycles. The third kappa shape index (κ3) is 3.92. The average molecular weight is 565 g/mol. The summed E-state index contributed by atoms with van der Waals surface area (Å²) in [5.74, 6) is -3.22. The second-order valence-electron chi connectivity index (χ2n) is 11.9. The maximum atomic E-state index is 14.1. The molecule has 0 radical (unpaired) electrons. The number of allylic oxidation sites excluding steroid dienone is 6. The number of nitrogens with zero attached hydrogens (tertiary/aromatic N) is 2. The summed E-state index contributed by atoms with van der Waals surface area (Å²) in [6.07, 6.45) is 3.91. The van der Waals surface area contributed by atoms with Crippen LogP contribution in [0.1, 0.15) is 36.8 Å². The van der Waals surface area contributed by atoms with Crippen LogP contribution in [0, 0.1) is 24.7 Å². The molecule has 8 heteroatoms. The Morgan fingerprint density at radius 1 is 0.881 bits per heavy atom. The summed E-state index contributed by atoms with van der Waals surface area (Å²) in [5, 5.41) is 11.1. The molecule has 2 aromatic rings. The number of ether oxygens (including phenoxy) is 1. The van der Waals surface area contributed by atoms with Gasteiger partial charge in [0.15, 0.2) is 11.6 Å². The lowest BCUT2D eigenvalue weighted by molar-refractivity contribution is -0.123. The number of aryl methyl sites for hydroxylation is 1. The van der Waals surface area contributed by atoms with Gasteiger partial charge in [0.05, 0.1) is 30.7 Å². The van der Waals surface area contributed by atoms with Crippen LogP contribution in [-0.2, 0) is 23.9 Å². The Hall–Kier alpha value is -4.30. The number of para-hydroxylation sites is 1.